The average molecular weight is 233 g/mol. The predicted octanol–water partition coefficient (Wildman–Crippen LogP) is 2.12. The molecule has 1 aromatic rings. The Morgan fingerprint density at radius 2 is 2.06 bits per heavy atom. The van der Waals surface area contributed by atoms with Crippen LogP contribution in [0, 0.1) is 0 Å². The summed E-state index contributed by atoms with van der Waals surface area (Å²) in [5.41, 5.74) is 1.32. The lowest BCUT2D eigenvalue weighted by atomic mass is 9.92. The molecule has 2 unspecified atom stereocenters. The number of benzene rings is 1. The largest absolute Gasteiger partial charge is 0.337 e. The van der Waals surface area contributed by atoms with Crippen LogP contribution < -0.4 is 0 Å². The first kappa shape index (κ1) is 10.2. The highest BCUT2D eigenvalue weighted by Crippen LogP contribution is 2.38. The average Bonchev–Trinajstić information content (AvgIpc) is 2.69. The van der Waals surface area contributed by atoms with Gasteiger partial charge in [0.2, 0.25) is 5.91 Å². The van der Waals surface area contributed by atoms with Gasteiger partial charge in [-0.3, -0.25) is 4.79 Å². The smallest absolute Gasteiger partial charge is 0.223 e. The summed E-state index contributed by atoms with van der Waals surface area (Å²) in [7, 11) is 0. The molecule has 2 heterocycles. The van der Waals surface area contributed by atoms with Crippen LogP contribution in [0.5, 0.6) is 0 Å². The Bertz CT molecular complexity index is 392. The molecule has 2 saturated heterocycles. The van der Waals surface area contributed by atoms with E-state index in [2.05, 4.69) is 29.2 Å². The van der Waals surface area contributed by atoms with Gasteiger partial charge in [0, 0.05) is 36.4 Å². The second kappa shape index (κ2) is 4.13. The molecule has 3 rings (SSSR count). The van der Waals surface area contributed by atoms with Crippen LogP contribution in [0.25, 0.3) is 0 Å². The Morgan fingerprint density at radius 1 is 1.25 bits per heavy atom. The lowest BCUT2D eigenvalue weighted by molar-refractivity contribution is -0.128. The fourth-order valence-electron chi connectivity index (χ4n) is 2.75. The van der Waals surface area contributed by atoms with Gasteiger partial charge in [0.1, 0.15) is 0 Å². The molecule has 2 aliphatic heterocycles. The predicted molar refractivity (Wildman–Crippen MR) is 66.6 cm³/mol. The number of rotatable bonds is 1. The zero-order valence-electron chi connectivity index (χ0n) is 9.13. The van der Waals surface area contributed by atoms with Gasteiger partial charge in [-0.1, -0.05) is 30.3 Å². The van der Waals surface area contributed by atoms with Crippen LogP contribution in [-0.4, -0.2) is 34.9 Å². The first-order valence-corrected chi connectivity index (χ1v) is 6.94. The van der Waals surface area contributed by atoms with Crippen LogP contribution in [-0.2, 0) is 4.79 Å². The monoisotopic (exact) mass is 233 g/mol. The Morgan fingerprint density at radius 3 is 2.88 bits per heavy atom. The SMILES string of the molecule is O=C1CC(c2ccccc2)C2CSCCN12. The Kier molecular flexibility index (Phi) is 2.64. The number of nitrogens with zero attached hydrogens (tertiary/aromatic N) is 1. The lowest BCUT2D eigenvalue weighted by Crippen LogP contribution is -2.41. The van der Waals surface area contributed by atoms with E-state index in [1.165, 1.54) is 5.56 Å². The molecule has 0 N–H and O–H groups in total. The van der Waals surface area contributed by atoms with Crippen molar-refractivity contribution in [3.63, 3.8) is 0 Å². The minimum atomic E-state index is 0.346. The van der Waals surface area contributed by atoms with E-state index in [0.717, 1.165) is 18.1 Å². The highest BCUT2D eigenvalue weighted by Gasteiger charge is 2.41. The van der Waals surface area contributed by atoms with Crippen LogP contribution in [0.4, 0.5) is 0 Å². The maximum Gasteiger partial charge on any atom is 0.223 e. The summed E-state index contributed by atoms with van der Waals surface area (Å²) in [6.45, 7) is 0.942. The van der Waals surface area contributed by atoms with Crippen molar-refractivity contribution in [1.29, 1.82) is 0 Å². The van der Waals surface area contributed by atoms with Crippen LogP contribution in [0.1, 0.15) is 17.9 Å². The molecule has 1 amide bonds. The van der Waals surface area contributed by atoms with Gasteiger partial charge in [0.25, 0.3) is 0 Å². The third-order valence-electron chi connectivity index (χ3n) is 3.57. The molecular weight excluding hydrogens is 218 g/mol. The lowest BCUT2D eigenvalue weighted by Gasteiger charge is -2.32. The van der Waals surface area contributed by atoms with Crippen molar-refractivity contribution in [3.8, 4) is 0 Å². The number of carbonyl (C=O) groups is 1. The van der Waals surface area contributed by atoms with Gasteiger partial charge in [-0.05, 0) is 5.56 Å². The van der Waals surface area contributed by atoms with Gasteiger partial charge >= 0.3 is 0 Å². The minimum absolute atomic E-state index is 0.346. The van der Waals surface area contributed by atoms with Crippen molar-refractivity contribution >= 4 is 17.7 Å². The van der Waals surface area contributed by atoms with E-state index < -0.39 is 0 Å². The molecule has 1 aromatic carbocycles. The molecule has 3 heteroatoms. The van der Waals surface area contributed by atoms with Crippen LogP contribution in [0.2, 0.25) is 0 Å². The molecule has 2 aliphatic rings. The summed E-state index contributed by atoms with van der Waals surface area (Å²) >= 11 is 1.98. The summed E-state index contributed by atoms with van der Waals surface area (Å²) in [6, 6.07) is 10.9. The highest BCUT2D eigenvalue weighted by atomic mass is 32.2. The van der Waals surface area contributed by atoms with Crippen molar-refractivity contribution in [2.24, 2.45) is 0 Å². The maximum atomic E-state index is 11.9. The Hall–Kier alpha value is -0.960. The van der Waals surface area contributed by atoms with E-state index in [1.54, 1.807) is 0 Å². The Labute approximate surface area is 100 Å². The van der Waals surface area contributed by atoms with E-state index in [-0.39, 0.29) is 0 Å². The molecule has 0 aliphatic carbocycles. The summed E-state index contributed by atoms with van der Waals surface area (Å²) < 4.78 is 0. The summed E-state index contributed by atoms with van der Waals surface area (Å²) in [6.07, 6.45) is 0.704. The van der Waals surface area contributed by atoms with Gasteiger partial charge in [0.05, 0.1) is 0 Å². The van der Waals surface area contributed by atoms with E-state index in [0.29, 0.717) is 24.3 Å². The molecule has 16 heavy (non-hydrogen) atoms. The zero-order chi connectivity index (χ0) is 11.0. The first-order valence-electron chi connectivity index (χ1n) is 5.78. The van der Waals surface area contributed by atoms with Gasteiger partial charge in [-0.2, -0.15) is 11.8 Å². The fourth-order valence-corrected chi connectivity index (χ4v) is 3.89. The van der Waals surface area contributed by atoms with Crippen molar-refractivity contribution in [1.82, 2.24) is 4.90 Å². The number of amides is 1. The van der Waals surface area contributed by atoms with Crippen molar-refractivity contribution in [2.45, 2.75) is 18.4 Å². The second-order valence-electron chi connectivity index (χ2n) is 4.45. The molecule has 0 bridgehead atoms. The molecule has 84 valence electrons. The quantitative estimate of drug-likeness (QED) is 0.740. The zero-order valence-corrected chi connectivity index (χ0v) is 9.95. The molecule has 0 spiro atoms. The van der Waals surface area contributed by atoms with Gasteiger partial charge in [-0.25, -0.2) is 0 Å². The topological polar surface area (TPSA) is 20.3 Å². The highest BCUT2D eigenvalue weighted by molar-refractivity contribution is 7.99. The fraction of sp³-hybridized carbons (Fsp3) is 0.462. The van der Waals surface area contributed by atoms with Crippen LogP contribution in [0.3, 0.4) is 0 Å². The molecule has 0 radical (unpaired) electrons. The van der Waals surface area contributed by atoms with Gasteiger partial charge in [-0.15, -0.1) is 0 Å². The van der Waals surface area contributed by atoms with Crippen molar-refractivity contribution < 1.29 is 4.79 Å². The Balaban J connectivity index is 1.89. The number of thioether (sulfide) groups is 1. The van der Waals surface area contributed by atoms with Crippen molar-refractivity contribution in [2.75, 3.05) is 18.1 Å². The van der Waals surface area contributed by atoms with E-state index >= 15 is 0 Å². The number of hydrogen-bond donors (Lipinski definition) is 0. The second-order valence-corrected chi connectivity index (χ2v) is 5.60. The summed E-state index contributed by atoms with van der Waals surface area (Å²) in [4.78, 5) is 14.0. The number of fused-ring (bicyclic) bond motifs is 1. The minimum Gasteiger partial charge on any atom is -0.337 e. The molecule has 2 nitrogen and oxygen atoms in total. The third-order valence-corrected chi connectivity index (χ3v) is 4.62. The maximum absolute atomic E-state index is 11.9. The number of carbonyl (C=O) groups excluding carboxylic acids is 1. The van der Waals surface area contributed by atoms with Crippen LogP contribution in [0.15, 0.2) is 30.3 Å². The number of hydrogen-bond acceptors (Lipinski definition) is 2. The van der Waals surface area contributed by atoms with Crippen molar-refractivity contribution in [3.05, 3.63) is 35.9 Å². The summed E-state index contributed by atoms with van der Waals surface area (Å²) in [5.74, 6) is 2.97. The van der Waals surface area contributed by atoms with E-state index in [9.17, 15) is 4.79 Å². The van der Waals surface area contributed by atoms with Crippen LogP contribution >= 0.6 is 11.8 Å². The molecular formula is C13H15NOS. The molecule has 2 fully saturated rings. The first-order chi connectivity index (χ1) is 7.86. The normalized spacial score (nSPS) is 29.2. The molecule has 0 aromatic heterocycles. The standard InChI is InChI=1S/C13H15NOS/c15-13-8-11(10-4-2-1-3-5-10)12-9-16-7-6-14(12)13/h1-5,11-12H,6-9H2. The molecule has 2 atom stereocenters. The summed E-state index contributed by atoms with van der Waals surface area (Å²) in [5, 5.41) is 0. The van der Waals surface area contributed by atoms with E-state index in [4.69, 9.17) is 0 Å². The van der Waals surface area contributed by atoms with Gasteiger partial charge < -0.3 is 4.90 Å². The van der Waals surface area contributed by atoms with E-state index in [1.807, 2.05) is 17.8 Å². The third kappa shape index (κ3) is 1.63. The van der Waals surface area contributed by atoms with Gasteiger partial charge in [0.15, 0.2) is 0 Å². The molecule has 0 saturated carbocycles.